The third-order valence-electron chi connectivity index (χ3n) is 5.01. The van der Waals surface area contributed by atoms with Crippen LogP contribution in [0, 0.1) is 6.92 Å². The number of nitrogens with one attached hydrogen (secondary N) is 1. The lowest BCUT2D eigenvalue weighted by atomic mass is 10.0. The first kappa shape index (κ1) is 20.9. The van der Waals surface area contributed by atoms with Crippen LogP contribution >= 0.6 is 11.8 Å². The molecule has 1 amide bonds. The Hall–Kier alpha value is -3.32. The van der Waals surface area contributed by atoms with E-state index in [-0.39, 0.29) is 11.7 Å². The maximum atomic E-state index is 12.2. The molecular weight excluding hydrogens is 408 g/mol. The number of amides is 1. The molecule has 0 spiro atoms. The number of thioether (sulfide) groups is 1. The summed E-state index contributed by atoms with van der Waals surface area (Å²) in [6.45, 7) is 5.11. The van der Waals surface area contributed by atoms with Crippen LogP contribution < -0.4 is 10.1 Å². The highest BCUT2D eigenvalue weighted by Crippen LogP contribution is 2.28. The second-order valence-electron chi connectivity index (χ2n) is 7.04. The topological polar surface area (TPSA) is 69.0 Å². The standard InChI is InChI=1S/C24H24N4O2S/c1-3-28-22(15-30-21-14-13-18-9-7-8-12-20(18)17(21)2)26-27-24(28)31-16-23(29)25-19-10-5-4-6-11-19/h4-14H,3,15-16H2,1-2H3,(H,25,29). The molecule has 0 bridgehead atoms. The summed E-state index contributed by atoms with van der Waals surface area (Å²) in [5.41, 5.74) is 1.89. The van der Waals surface area contributed by atoms with E-state index in [0.29, 0.717) is 18.3 Å². The normalized spacial score (nSPS) is 10.9. The Morgan fingerprint density at radius 3 is 2.61 bits per heavy atom. The van der Waals surface area contributed by atoms with Crippen LogP contribution in [-0.2, 0) is 17.9 Å². The van der Waals surface area contributed by atoms with Crippen molar-refractivity contribution in [3.8, 4) is 5.75 Å². The van der Waals surface area contributed by atoms with E-state index >= 15 is 0 Å². The number of benzene rings is 3. The van der Waals surface area contributed by atoms with Crippen LogP contribution in [0.25, 0.3) is 10.8 Å². The van der Waals surface area contributed by atoms with Crippen LogP contribution in [0.5, 0.6) is 5.75 Å². The lowest BCUT2D eigenvalue weighted by Crippen LogP contribution is -2.14. The van der Waals surface area contributed by atoms with Gasteiger partial charge in [-0.25, -0.2) is 0 Å². The number of hydrogen-bond donors (Lipinski definition) is 1. The SMILES string of the molecule is CCn1c(COc2ccc3ccccc3c2C)nnc1SCC(=O)Nc1ccccc1. The predicted octanol–water partition coefficient (Wildman–Crippen LogP) is 5.07. The zero-order valence-corrected chi connectivity index (χ0v) is 18.4. The minimum atomic E-state index is -0.0774. The van der Waals surface area contributed by atoms with Gasteiger partial charge in [0.1, 0.15) is 12.4 Å². The monoisotopic (exact) mass is 432 g/mol. The number of anilines is 1. The van der Waals surface area contributed by atoms with Crippen molar-refractivity contribution in [1.29, 1.82) is 0 Å². The molecule has 0 atom stereocenters. The van der Waals surface area contributed by atoms with Crippen LogP contribution in [-0.4, -0.2) is 26.4 Å². The van der Waals surface area contributed by atoms with Crippen molar-refractivity contribution in [3.05, 3.63) is 78.1 Å². The number of aryl methyl sites for hydroxylation is 1. The quantitative estimate of drug-likeness (QED) is 0.394. The molecule has 31 heavy (non-hydrogen) atoms. The average Bonchev–Trinajstić information content (AvgIpc) is 3.20. The molecule has 1 heterocycles. The van der Waals surface area contributed by atoms with Gasteiger partial charge in [0.25, 0.3) is 0 Å². The van der Waals surface area contributed by atoms with Gasteiger partial charge in [0.05, 0.1) is 5.75 Å². The van der Waals surface area contributed by atoms with Gasteiger partial charge in [-0.1, -0.05) is 60.3 Å². The summed E-state index contributed by atoms with van der Waals surface area (Å²) in [5, 5.41) is 14.5. The lowest BCUT2D eigenvalue weighted by Gasteiger charge is -2.12. The lowest BCUT2D eigenvalue weighted by molar-refractivity contribution is -0.113. The molecule has 1 aromatic heterocycles. The smallest absolute Gasteiger partial charge is 0.234 e. The van der Waals surface area contributed by atoms with Gasteiger partial charge in [0.2, 0.25) is 5.91 Å². The number of nitrogens with zero attached hydrogens (tertiary/aromatic N) is 3. The van der Waals surface area contributed by atoms with Gasteiger partial charge in [0.15, 0.2) is 11.0 Å². The van der Waals surface area contributed by atoms with E-state index in [1.54, 1.807) is 0 Å². The largest absolute Gasteiger partial charge is 0.485 e. The molecular formula is C24H24N4O2S. The fraction of sp³-hybridized carbons (Fsp3) is 0.208. The van der Waals surface area contributed by atoms with Crippen LogP contribution in [0.2, 0.25) is 0 Å². The molecule has 0 saturated heterocycles. The van der Waals surface area contributed by atoms with Gasteiger partial charge in [-0.15, -0.1) is 10.2 Å². The molecule has 4 rings (SSSR count). The number of carbonyl (C=O) groups excluding carboxylic acids is 1. The number of aromatic nitrogens is 3. The van der Waals surface area contributed by atoms with E-state index in [9.17, 15) is 4.79 Å². The second kappa shape index (κ2) is 9.66. The highest BCUT2D eigenvalue weighted by molar-refractivity contribution is 7.99. The third-order valence-corrected chi connectivity index (χ3v) is 5.97. The summed E-state index contributed by atoms with van der Waals surface area (Å²) in [5.74, 6) is 1.76. The van der Waals surface area contributed by atoms with Crippen molar-refractivity contribution in [2.45, 2.75) is 32.2 Å². The number of fused-ring (bicyclic) bond motifs is 1. The van der Waals surface area contributed by atoms with Gasteiger partial charge < -0.3 is 14.6 Å². The minimum absolute atomic E-state index is 0.0774. The van der Waals surface area contributed by atoms with Crippen molar-refractivity contribution in [2.75, 3.05) is 11.1 Å². The zero-order chi connectivity index (χ0) is 21.6. The number of rotatable bonds is 8. The molecule has 7 heteroatoms. The maximum Gasteiger partial charge on any atom is 0.234 e. The zero-order valence-electron chi connectivity index (χ0n) is 17.5. The number of para-hydroxylation sites is 1. The molecule has 0 radical (unpaired) electrons. The first-order valence-corrected chi connectivity index (χ1v) is 11.1. The van der Waals surface area contributed by atoms with Crippen LogP contribution in [0.4, 0.5) is 5.69 Å². The van der Waals surface area contributed by atoms with Gasteiger partial charge in [-0.05, 0) is 48.4 Å². The van der Waals surface area contributed by atoms with E-state index in [1.807, 2.05) is 60.0 Å². The maximum absolute atomic E-state index is 12.2. The second-order valence-corrected chi connectivity index (χ2v) is 7.99. The Kier molecular flexibility index (Phi) is 6.52. The van der Waals surface area contributed by atoms with Crippen molar-refractivity contribution in [2.24, 2.45) is 0 Å². The number of carbonyl (C=O) groups is 1. The number of ether oxygens (including phenoxy) is 1. The van der Waals surface area contributed by atoms with E-state index < -0.39 is 0 Å². The molecule has 158 valence electrons. The Morgan fingerprint density at radius 1 is 1.03 bits per heavy atom. The van der Waals surface area contributed by atoms with Gasteiger partial charge in [0, 0.05) is 12.2 Å². The molecule has 6 nitrogen and oxygen atoms in total. The summed E-state index contributed by atoms with van der Waals surface area (Å²) in [6.07, 6.45) is 0. The van der Waals surface area contributed by atoms with E-state index in [0.717, 1.165) is 22.8 Å². The Bertz CT molecular complexity index is 1190. The summed E-state index contributed by atoms with van der Waals surface area (Å²) in [7, 11) is 0. The van der Waals surface area contributed by atoms with E-state index in [4.69, 9.17) is 4.74 Å². The molecule has 0 aliphatic rings. The van der Waals surface area contributed by atoms with Gasteiger partial charge in [-0.2, -0.15) is 0 Å². The highest BCUT2D eigenvalue weighted by atomic mass is 32.2. The summed E-state index contributed by atoms with van der Waals surface area (Å²) in [6, 6.07) is 21.7. The molecule has 0 aliphatic heterocycles. The molecule has 0 unspecified atom stereocenters. The van der Waals surface area contributed by atoms with Crippen molar-refractivity contribution >= 4 is 34.1 Å². The van der Waals surface area contributed by atoms with Gasteiger partial charge in [-0.3, -0.25) is 4.79 Å². The summed E-state index contributed by atoms with van der Waals surface area (Å²) < 4.78 is 8.06. The molecule has 3 aromatic carbocycles. The van der Waals surface area contributed by atoms with Gasteiger partial charge >= 0.3 is 0 Å². The van der Waals surface area contributed by atoms with Crippen molar-refractivity contribution < 1.29 is 9.53 Å². The van der Waals surface area contributed by atoms with E-state index in [2.05, 4.69) is 40.6 Å². The molecule has 0 aliphatic carbocycles. The fourth-order valence-corrected chi connectivity index (χ4v) is 4.23. The molecule has 0 saturated carbocycles. The Morgan fingerprint density at radius 2 is 1.81 bits per heavy atom. The van der Waals surface area contributed by atoms with Crippen molar-refractivity contribution in [1.82, 2.24) is 14.8 Å². The average molecular weight is 433 g/mol. The van der Waals surface area contributed by atoms with E-state index in [1.165, 1.54) is 22.5 Å². The molecule has 0 fully saturated rings. The minimum Gasteiger partial charge on any atom is -0.485 e. The van der Waals surface area contributed by atoms with Crippen LogP contribution in [0.3, 0.4) is 0 Å². The van der Waals surface area contributed by atoms with Crippen LogP contribution in [0.1, 0.15) is 18.3 Å². The van der Waals surface area contributed by atoms with Crippen molar-refractivity contribution in [3.63, 3.8) is 0 Å². The summed E-state index contributed by atoms with van der Waals surface area (Å²) in [4.78, 5) is 12.2. The summed E-state index contributed by atoms with van der Waals surface area (Å²) >= 11 is 1.37. The fourth-order valence-electron chi connectivity index (χ4n) is 3.40. The molecule has 1 N–H and O–H groups in total. The highest BCUT2D eigenvalue weighted by Gasteiger charge is 2.14. The third kappa shape index (κ3) is 4.88. The van der Waals surface area contributed by atoms with Crippen LogP contribution in [0.15, 0.2) is 71.9 Å². The Labute approximate surface area is 185 Å². The number of hydrogen-bond acceptors (Lipinski definition) is 5. The first-order chi connectivity index (χ1) is 15.2. The predicted molar refractivity (Wildman–Crippen MR) is 125 cm³/mol. The Balaban J connectivity index is 1.40. The first-order valence-electron chi connectivity index (χ1n) is 10.2. The molecule has 4 aromatic rings.